The maximum atomic E-state index is 14.6. The fourth-order valence-corrected chi connectivity index (χ4v) is 4.61. The highest BCUT2D eigenvalue weighted by atomic mass is 19.2. The lowest BCUT2D eigenvalue weighted by molar-refractivity contribution is -0.164. The monoisotopic (exact) mass is 611 g/mol. The van der Waals surface area contributed by atoms with Crippen LogP contribution in [-0.2, 0) is 25.5 Å². The summed E-state index contributed by atoms with van der Waals surface area (Å²) in [5.74, 6) is -13.5. The van der Waals surface area contributed by atoms with Crippen molar-refractivity contribution in [1.82, 2.24) is 16.0 Å². The molecular formula is C29H33F4N3O7. The zero-order valence-corrected chi connectivity index (χ0v) is 23.8. The van der Waals surface area contributed by atoms with Crippen molar-refractivity contribution in [3.63, 3.8) is 0 Å². The summed E-state index contributed by atoms with van der Waals surface area (Å²) in [6.45, 7) is 6.07. The van der Waals surface area contributed by atoms with Gasteiger partial charge in [-0.1, -0.05) is 26.0 Å². The van der Waals surface area contributed by atoms with E-state index in [1.54, 1.807) is 13.8 Å². The molecule has 0 spiro atoms. The third kappa shape index (κ3) is 7.80. The van der Waals surface area contributed by atoms with Crippen molar-refractivity contribution in [3.8, 4) is 5.75 Å². The Kier molecular flexibility index (Phi) is 10.7. The number of halogens is 4. The first-order valence-electron chi connectivity index (χ1n) is 13.5. The molecule has 6 atom stereocenters. The van der Waals surface area contributed by atoms with E-state index in [0.29, 0.717) is 6.07 Å². The molecule has 2 aromatic rings. The van der Waals surface area contributed by atoms with Gasteiger partial charge in [0.05, 0.1) is 29.7 Å². The quantitative estimate of drug-likeness (QED) is 0.145. The Labute approximate surface area is 244 Å². The van der Waals surface area contributed by atoms with Gasteiger partial charge in [-0.25, -0.2) is 17.6 Å². The highest BCUT2D eigenvalue weighted by Gasteiger charge is 2.39. The van der Waals surface area contributed by atoms with E-state index >= 15 is 0 Å². The molecule has 5 N–H and O–H groups in total. The molecule has 43 heavy (non-hydrogen) atoms. The van der Waals surface area contributed by atoms with E-state index in [-0.39, 0.29) is 17.9 Å². The first-order chi connectivity index (χ1) is 20.1. The smallest absolute Gasteiger partial charge is 0.312 e. The first kappa shape index (κ1) is 33.3. The SMILES string of the molecule is CC(C)CC1OC(=O)[C@H](C)[C@H](O)[C@H](Cc2cc(F)c(F)c(F)c2F)NC(=O)[C@@H](NC(=O)c2ccccc2O)[C@@H](C)NC1=O. The number of ether oxygens (including phenoxy) is 1. The third-order valence-electron chi connectivity index (χ3n) is 7.07. The van der Waals surface area contributed by atoms with E-state index in [2.05, 4.69) is 16.0 Å². The molecular weight excluding hydrogens is 578 g/mol. The van der Waals surface area contributed by atoms with Crippen LogP contribution in [0.4, 0.5) is 17.6 Å². The number of phenols is 1. The second-order valence-corrected chi connectivity index (χ2v) is 10.9. The largest absolute Gasteiger partial charge is 0.507 e. The van der Waals surface area contributed by atoms with Crippen LogP contribution in [-0.4, -0.2) is 64.2 Å². The number of carbonyl (C=O) groups is 4. The second kappa shape index (κ2) is 13.8. The average molecular weight is 612 g/mol. The number of phenolic OH excluding ortho intramolecular Hbond substituents is 1. The molecule has 1 unspecified atom stereocenters. The number of aromatic hydroxyl groups is 1. The molecule has 0 bridgehead atoms. The summed E-state index contributed by atoms with van der Waals surface area (Å²) >= 11 is 0. The maximum Gasteiger partial charge on any atom is 0.312 e. The maximum absolute atomic E-state index is 14.6. The highest BCUT2D eigenvalue weighted by molar-refractivity contribution is 6.00. The number of para-hydroxylation sites is 1. The van der Waals surface area contributed by atoms with Gasteiger partial charge in [-0.2, -0.15) is 0 Å². The van der Waals surface area contributed by atoms with Crippen LogP contribution in [0.3, 0.4) is 0 Å². The van der Waals surface area contributed by atoms with Crippen molar-refractivity contribution >= 4 is 23.7 Å². The van der Waals surface area contributed by atoms with Gasteiger partial charge in [-0.3, -0.25) is 19.2 Å². The van der Waals surface area contributed by atoms with Crippen LogP contribution in [0, 0.1) is 35.1 Å². The van der Waals surface area contributed by atoms with Crippen LogP contribution in [0.2, 0.25) is 0 Å². The van der Waals surface area contributed by atoms with Gasteiger partial charge in [-0.15, -0.1) is 0 Å². The topological polar surface area (TPSA) is 154 Å². The summed E-state index contributed by atoms with van der Waals surface area (Å²) < 4.78 is 61.5. The molecule has 14 heteroatoms. The Morgan fingerprint density at radius 1 is 1.00 bits per heavy atom. The highest BCUT2D eigenvalue weighted by Crippen LogP contribution is 2.24. The molecule has 1 saturated heterocycles. The molecule has 3 amide bonds. The number of hydrogen-bond donors (Lipinski definition) is 5. The number of esters is 1. The Morgan fingerprint density at radius 3 is 2.28 bits per heavy atom. The van der Waals surface area contributed by atoms with Crippen LogP contribution >= 0.6 is 0 Å². The van der Waals surface area contributed by atoms with Crippen molar-refractivity contribution in [3.05, 3.63) is 64.7 Å². The van der Waals surface area contributed by atoms with Crippen molar-refractivity contribution in [2.24, 2.45) is 11.8 Å². The summed E-state index contributed by atoms with van der Waals surface area (Å²) in [5, 5.41) is 28.5. The third-order valence-corrected chi connectivity index (χ3v) is 7.07. The normalized spacial score (nSPS) is 25.2. The van der Waals surface area contributed by atoms with Crippen LogP contribution < -0.4 is 16.0 Å². The summed E-state index contributed by atoms with van der Waals surface area (Å²) in [4.78, 5) is 52.7. The molecule has 2 aromatic carbocycles. The molecule has 0 radical (unpaired) electrons. The van der Waals surface area contributed by atoms with E-state index in [4.69, 9.17) is 4.74 Å². The Morgan fingerprint density at radius 2 is 1.65 bits per heavy atom. The fourth-order valence-electron chi connectivity index (χ4n) is 4.61. The minimum Gasteiger partial charge on any atom is -0.507 e. The minimum absolute atomic E-state index is 0.0526. The molecule has 3 rings (SSSR count). The van der Waals surface area contributed by atoms with Crippen LogP contribution in [0.25, 0.3) is 0 Å². The predicted molar refractivity (Wildman–Crippen MR) is 143 cm³/mol. The van der Waals surface area contributed by atoms with Gasteiger partial charge < -0.3 is 30.9 Å². The van der Waals surface area contributed by atoms with Gasteiger partial charge in [0, 0.05) is 0 Å². The van der Waals surface area contributed by atoms with E-state index < -0.39 is 101 Å². The van der Waals surface area contributed by atoms with Gasteiger partial charge in [0.15, 0.2) is 29.4 Å². The fraction of sp³-hybridized carbons (Fsp3) is 0.448. The lowest BCUT2D eigenvalue weighted by atomic mass is 9.91. The molecule has 234 valence electrons. The predicted octanol–water partition coefficient (Wildman–Crippen LogP) is 2.25. The molecule has 1 aliphatic rings. The van der Waals surface area contributed by atoms with Crippen LogP contribution in [0.1, 0.15) is 50.0 Å². The molecule has 1 fully saturated rings. The minimum atomic E-state index is -2.11. The Hall–Kier alpha value is -4.20. The van der Waals surface area contributed by atoms with E-state index in [1.165, 1.54) is 38.1 Å². The first-order valence-corrected chi connectivity index (χ1v) is 13.5. The lowest BCUT2D eigenvalue weighted by Crippen LogP contribution is -2.62. The van der Waals surface area contributed by atoms with Gasteiger partial charge in [0.25, 0.3) is 11.8 Å². The Bertz CT molecular complexity index is 1390. The average Bonchev–Trinajstić information content (AvgIpc) is 2.95. The standard InChI is InChI=1S/C29H33F4N3O7/c1-12(2)9-20-27(40)34-14(4)24(36-26(39)16-7-5-6-8-19(16)37)28(41)35-18(25(38)13(3)29(42)43-20)11-15-10-17(30)22(32)23(33)21(15)31/h5-8,10,12-14,18,20,24-25,37-38H,9,11H2,1-4H3,(H,34,40)(H,35,41)(H,36,39)/t13-,14-,18+,20?,24+,25+/m1/s1. The number of carbonyl (C=O) groups excluding carboxylic acids is 4. The van der Waals surface area contributed by atoms with Crippen molar-refractivity contribution in [2.75, 3.05) is 0 Å². The molecule has 10 nitrogen and oxygen atoms in total. The summed E-state index contributed by atoms with van der Waals surface area (Å²) in [6.07, 6.45) is -4.01. The van der Waals surface area contributed by atoms with Gasteiger partial charge in [-0.05, 0) is 56.4 Å². The van der Waals surface area contributed by atoms with Crippen LogP contribution in [0.15, 0.2) is 30.3 Å². The number of aliphatic hydroxyl groups is 1. The molecule has 1 heterocycles. The Balaban J connectivity index is 2.06. The zero-order chi connectivity index (χ0) is 32.2. The van der Waals surface area contributed by atoms with Crippen molar-refractivity contribution < 1.29 is 51.7 Å². The molecule has 0 saturated carbocycles. The summed E-state index contributed by atoms with van der Waals surface area (Å²) in [5.41, 5.74) is -0.974. The van der Waals surface area contributed by atoms with E-state index in [9.17, 15) is 47.0 Å². The van der Waals surface area contributed by atoms with Gasteiger partial charge >= 0.3 is 5.97 Å². The van der Waals surface area contributed by atoms with E-state index in [1.807, 2.05) is 0 Å². The van der Waals surface area contributed by atoms with Gasteiger partial charge in [0.2, 0.25) is 5.91 Å². The van der Waals surface area contributed by atoms with Gasteiger partial charge in [0.1, 0.15) is 11.8 Å². The number of cyclic esters (lactones) is 1. The zero-order valence-electron chi connectivity index (χ0n) is 23.8. The second-order valence-electron chi connectivity index (χ2n) is 10.9. The van der Waals surface area contributed by atoms with Crippen LogP contribution in [0.5, 0.6) is 5.75 Å². The summed E-state index contributed by atoms with van der Waals surface area (Å²) in [7, 11) is 0. The van der Waals surface area contributed by atoms with Crippen molar-refractivity contribution in [1.29, 1.82) is 0 Å². The number of hydrogen-bond acceptors (Lipinski definition) is 7. The number of nitrogens with one attached hydrogen (secondary N) is 3. The number of benzene rings is 2. The number of aliphatic hydroxyl groups excluding tert-OH is 1. The van der Waals surface area contributed by atoms with Crippen molar-refractivity contribution in [2.45, 2.75) is 70.9 Å². The molecule has 0 aliphatic carbocycles. The number of amides is 3. The number of rotatable bonds is 6. The van der Waals surface area contributed by atoms with E-state index in [0.717, 1.165) is 0 Å². The summed E-state index contributed by atoms with van der Waals surface area (Å²) in [6, 6.07) is 1.35. The molecule has 0 aromatic heterocycles. The lowest BCUT2D eigenvalue weighted by Gasteiger charge is -2.34. The molecule has 1 aliphatic heterocycles.